The minimum Gasteiger partial charge on any atom is -0.480 e. The van der Waals surface area contributed by atoms with Crippen molar-refractivity contribution in [3.05, 3.63) is 0 Å². The number of ether oxygens (including phenoxy) is 1. The lowest BCUT2D eigenvalue weighted by Gasteiger charge is -2.22. The third-order valence-corrected chi connectivity index (χ3v) is 2.94. The molecule has 2 aliphatic heterocycles. The SMILES string of the molecule is O=C(O)C1CCC(=O)N1C(=O)C1CCCO1. The molecule has 2 heterocycles. The summed E-state index contributed by atoms with van der Waals surface area (Å²) < 4.78 is 5.17. The zero-order valence-corrected chi connectivity index (χ0v) is 8.72. The number of imide groups is 1. The predicted octanol–water partition coefficient (Wildman–Crippen LogP) is -0.232. The molecule has 0 saturated carbocycles. The van der Waals surface area contributed by atoms with Gasteiger partial charge < -0.3 is 9.84 Å². The monoisotopic (exact) mass is 227 g/mol. The van der Waals surface area contributed by atoms with Gasteiger partial charge in [0.05, 0.1) is 0 Å². The normalized spacial score (nSPS) is 29.8. The lowest BCUT2D eigenvalue weighted by atomic mass is 10.2. The Balaban J connectivity index is 2.13. The second kappa shape index (κ2) is 4.21. The van der Waals surface area contributed by atoms with Crippen molar-refractivity contribution in [1.29, 1.82) is 0 Å². The molecule has 0 spiro atoms. The standard InChI is InChI=1S/C10H13NO5/c12-8-4-3-6(10(14)15)11(8)9(13)7-2-1-5-16-7/h6-7H,1-5H2,(H,14,15). The van der Waals surface area contributed by atoms with E-state index in [1.807, 2.05) is 0 Å². The zero-order valence-electron chi connectivity index (χ0n) is 8.72. The van der Waals surface area contributed by atoms with Gasteiger partial charge in [0.2, 0.25) is 5.91 Å². The minimum absolute atomic E-state index is 0.120. The lowest BCUT2D eigenvalue weighted by Crippen LogP contribution is -2.47. The molecule has 2 saturated heterocycles. The molecule has 2 atom stereocenters. The first-order chi connectivity index (χ1) is 7.61. The van der Waals surface area contributed by atoms with E-state index in [-0.39, 0.29) is 12.8 Å². The average Bonchev–Trinajstić information content (AvgIpc) is 2.84. The summed E-state index contributed by atoms with van der Waals surface area (Å²) in [5.41, 5.74) is 0. The van der Waals surface area contributed by atoms with Crippen LogP contribution in [0.2, 0.25) is 0 Å². The molecule has 6 nitrogen and oxygen atoms in total. The Kier molecular flexibility index (Phi) is 2.91. The van der Waals surface area contributed by atoms with Gasteiger partial charge in [0.15, 0.2) is 0 Å². The summed E-state index contributed by atoms with van der Waals surface area (Å²) in [4.78, 5) is 35.1. The summed E-state index contributed by atoms with van der Waals surface area (Å²) in [5, 5.41) is 8.91. The summed E-state index contributed by atoms with van der Waals surface area (Å²) in [5.74, 6) is -2.03. The van der Waals surface area contributed by atoms with E-state index in [0.29, 0.717) is 13.0 Å². The van der Waals surface area contributed by atoms with Gasteiger partial charge in [0.1, 0.15) is 12.1 Å². The van der Waals surface area contributed by atoms with Crippen molar-refractivity contribution in [3.8, 4) is 0 Å². The van der Waals surface area contributed by atoms with Gasteiger partial charge in [-0.2, -0.15) is 0 Å². The van der Waals surface area contributed by atoms with E-state index in [9.17, 15) is 14.4 Å². The second-order valence-corrected chi connectivity index (χ2v) is 4.00. The van der Waals surface area contributed by atoms with Crippen LogP contribution < -0.4 is 0 Å². The van der Waals surface area contributed by atoms with Crippen molar-refractivity contribution in [2.75, 3.05) is 6.61 Å². The summed E-state index contributed by atoms with van der Waals surface area (Å²) in [6.45, 7) is 0.496. The van der Waals surface area contributed by atoms with Gasteiger partial charge in [-0.3, -0.25) is 14.5 Å². The van der Waals surface area contributed by atoms with Crippen LogP contribution in [0, 0.1) is 0 Å². The highest BCUT2D eigenvalue weighted by atomic mass is 16.5. The fraction of sp³-hybridized carbons (Fsp3) is 0.700. The number of carbonyl (C=O) groups is 3. The predicted molar refractivity (Wildman–Crippen MR) is 51.5 cm³/mol. The number of carboxylic acid groups (broad SMARTS) is 1. The molecule has 0 bridgehead atoms. The Morgan fingerprint density at radius 2 is 2.12 bits per heavy atom. The maximum Gasteiger partial charge on any atom is 0.326 e. The highest BCUT2D eigenvalue weighted by Gasteiger charge is 2.43. The maximum absolute atomic E-state index is 11.9. The number of likely N-dealkylation sites (tertiary alicyclic amines) is 1. The largest absolute Gasteiger partial charge is 0.480 e. The van der Waals surface area contributed by atoms with Crippen LogP contribution in [0.4, 0.5) is 0 Å². The van der Waals surface area contributed by atoms with Gasteiger partial charge in [-0.05, 0) is 19.3 Å². The van der Waals surface area contributed by atoms with Crippen molar-refractivity contribution in [3.63, 3.8) is 0 Å². The number of nitrogens with zero attached hydrogens (tertiary/aromatic N) is 1. The van der Waals surface area contributed by atoms with E-state index in [4.69, 9.17) is 9.84 Å². The third kappa shape index (κ3) is 1.80. The van der Waals surface area contributed by atoms with E-state index in [2.05, 4.69) is 0 Å². The van der Waals surface area contributed by atoms with Gasteiger partial charge in [-0.15, -0.1) is 0 Å². The number of amides is 2. The van der Waals surface area contributed by atoms with Crippen LogP contribution in [-0.4, -0.2) is 46.5 Å². The molecule has 6 heteroatoms. The third-order valence-electron chi connectivity index (χ3n) is 2.94. The van der Waals surface area contributed by atoms with Crippen molar-refractivity contribution in [1.82, 2.24) is 4.90 Å². The Labute approximate surface area is 92.2 Å². The average molecular weight is 227 g/mol. The number of carbonyl (C=O) groups excluding carboxylic acids is 2. The lowest BCUT2D eigenvalue weighted by molar-refractivity contribution is -0.158. The Morgan fingerprint density at radius 3 is 2.69 bits per heavy atom. The first-order valence-electron chi connectivity index (χ1n) is 5.31. The van der Waals surface area contributed by atoms with Gasteiger partial charge in [-0.1, -0.05) is 0 Å². The molecule has 2 unspecified atom stereocenters. The van der Waals surface area contributed by atoms with E-state index >= 15 is 0 Å². The second-order valence-electron chi connectivity index (χ2n) is 4.00. The molecule has 2 aliphatic rings. The van der Waals surface area contributed by atoms with E-state index in [1.54, 1.807) is 0 Å². The molecule has 0 aliphatic carbocycles. The molecule has 0 aromatic carbocycles. The molecule has 2 rings (SSSR count). The molecular formula is C10H13NO5. The summed E-state index contributed by atoms with van der Waals surface area (Å²) in [6, 6.07) is -1.01. The van der Waals surface area contributed by atoms with Crippen molar-refractivity contribution in [2.45, 2.75) is 37.8 Å². The molecule has 0 aromatic rings. The van der Waals surface area contributed by atoms with Gasteiger partial charge >= 0.3 is 5.97 Å². The van der Waals surface area contributed by atoms with Crippen molar-refractivity contribution in [2.24, 2.45) is 0 Å². The Morgan fingerprint density at radius 1 is 1.38 bits per heavy atom. The topological polar surface area (TPSA) is 83.9 Å². The molecule has 88 valence electrons. The quantitative estimate of drug-likeness (QED) is 0.658. The summed E-state index contributed by atoms with van der Waals surface area (Å²) in [7, 11) is 0. The fourth-order valence-electron chi connectivity index (χ4n) is 2.12. The fourth-order valence-corrected chi connectivity index (χ4v) is 2.12. The van der Waals surface area contributed by atoms with Crippen LogP contribution in [0.25, 0.3) is 0 Å². The number of rotatable bonds is 2. The van der Waals surface area contributed by atoms with Crippen LogP contribution in [0.15, 0.2) is 0 Å². The van der Waals surface area contributed by atoms with Crippen molar-refractivity contribution < 1.29 is 24.2 Å². The minimum atomic E-state index is -1.13. The first-order valence-corrected chi connectivity index (χ1v) is 5.31. The van der Waals surface area contributed by atoms with Crippen LogP contribution >= 0.6 is 0 Å². The number of carboxylic acids is 1. The Hall–Kier alpha value is -1.43. The number of hydrogen-bond donors (Lipinski definition) is 1. The van der Waals surface area contributed by atoms with Gasteiger partial charge in [0.25, 0.3) is 5.91 Å². The molecular weight excluding hydrogens is 214 g/mol. The zero-order chi connectivity index (χ0) is 11.7. The van der Waals surface area contributed by atoms with Crippen LogP contribution in [0.1, 0.15) is 25.7 Å². The van der Waals surface area contributed by atoms with Gasteiger partial charge in [-0.25, -0.2) is 4.79 Å². The maximum atomic E-state index is 11.9. The highest BCUT2D eigenvalue weighted by molar-refractivity contribution is 6.03. The summed E-state index contributed by atoms with van der Waals surface area (Å²) >= 11 is 0. The smallest absolute Gasteiger partial charge is 0.326 e. The van der Waals surface area contributed by atoms with E-state index in [1.165, 1.54) is 0 Å². The van der Waals surface area contributed by atoms with Gasteiger partial charge in [0, 0.05) is 13.0 Å². The van der Waals surface area contributed by atoms with Crippen LogP contribution in [0.5, 0.6) is 0 Å². The summed E-state index contributed by atoms with van der Waals surface area (Å²) in [6.07, 6.45) is 1.02. The van der Waals surface area contributed by atoms with Crippen LogP contribution in [0.3, 0.4) is 0 Å². The van der Waals surface area contributed by atoms with E-state index in [0.717, 1.165) is 11.3 Å². The molecule has 2 fully saturated rings. The number of aliphatic carboxylic acids is 1. The van der Waals surface area contributed by atoms with Crippen molar-refractivity contribution >= 4 is 17.8 Å². The Bertz CT molecular complexity index is 334. The van der Waals surface area contributed by atoms with Crippen LogP contribution in [-0.2, 0) is 19.1 Å². The van der Waals surface area contributed by atoms with E-state index < -0.39 is 29.9 Å². The molecule has 2 amide bonds. The number of hydrogen-bond acceptors (Lipinski definition) is 4. The highest BCUT2D eigenvalue weighted by Crippen LogP contribution is 2.23. The molecule has 1 N–H and O–H groups in total. The molecule has 16 heavy (non-hydrogen) atoms. The molecule has 0 aromatic heterocycles. The molecule has 0 radical (unpaired) electrons. The first kappa shape index (κ1) is 11.1.